The van der Waals surface area contributed by atoms with Gasteiger partial charge in [0, 0.05) is 11.8 Å². The van der Waals surface area contributed by atoms with Crippen LogP contribution >= 0.6 is 11.3 Å². The normalized spacial score (nSPS) is 17.3. The van der Waals surface area contributed by atoms with Crippen LogP contribution in [0.4, 0.5) is 0 Å². The zero-order valence-corrected chi connectivity index (χ0v) is 12.4. The van der Waals surface area contributed by atoms with Crippen LogP contribution in [-0.2, 0) is 5.54 Å². The van der Waals surface area contributed by atoms with E-state index >= 15 is 0 Å². The van der Waals surface area contributed by atoms with Gasteiger partial charge in [-0.1, -0.05) is 18.0 Å². The number of hydrogen-bond acceptors (Lipinski definition) is 5. The van der Waals surface area contributed by atoms with Crippen LogP contribution in [0.1, 0.15) is 51.9 Å². The van der Waals surface area contributed by atoms with E-state index in [1.54, 1.807) is 6.92 Å². The SMILES string of the molecule is Cc1nc(C2(NC(=O)c3ccc(C)s3)CCCC2)no1. The fourth-order valence-corrected chi connectivity index (χ4v) is 3.47. The van der Waals surface area contributed by atoms with Gasteiger partial charge in [-0.05, 0) is 31.9 Å². The van der Waals surface area contributed by atoms with E-state index < -0.39 is 5.54 Å². The summed E-state index contributed by atoms with van der Waals surface area (Å²) in [5.41, 5.74) is -0.466. The minimum atomic E-state index is -0.466. The Balaban J connectivity index is 1.86. The molecule has 5 nitrogen and oxygen atoms in total. The van der Waals surface area contributed by atoms with Crippen molar-refractivity contribution in [2.45, 2.75) is 45.1 Å². The molecule has 2 aromatic rings. The molecule has 2 aromatic heterocycles. The molecule has 1 aliphatic carbocycles. The molecule has 6 heteroatoms. The van der Waals surface area contributed by atoms with Crippen LogP contribution < -0.4 is 5.32 Å². The van der Waals surface area contributed by atoms with Gasteiger partial charge >= 0.3 is 0 Å². The number of thiophene rings is 1. The Morgan fingerprint density at radius 3 is 2.65 bits per heavy atom. The highest BCUT2D eigenvalue weighted by molar-refractivity contribution is 7.13. The molecule has 0 saturated heterocycles. The van der Waals surface area contributed by atoms with E-state index in [1.807, 2.05) is 19.1 Å². The van der Waals surface area contributed by atoms with Gasteiger partial charge in [0.15, 0.2) is 5.82 Å². The van der Waals surface area contributed by atoms with E-state index in [0.717, 1.165) is 35.4 Å². The van der Waals surface area contributed by atoms with E-state index in [1.165, 1.54) is 11.3 Å². The minimum Gasteiger partial charge on any atom is -0.340 e. The molecule has 0 atom stereocenters. The van der Waals surface area contributed by atoms with Crippen LogP contribution in [0.25, 0.3) is 0 Å². The van der Waals surface area contributed by atoms with Crippen LogP contribution in [0.3, 0.4) is 0 Å². The van der Waals surface area contributed by atoms with Crippen LogP contribution in [0, 0.1) is 13.8 Å². The summed E-state index contributed by atoms with van der Waals surface area (Å²) in [5, 5.41) is 7.16. The number of nitrogens with one attached hydrogen (secondary N) is 1. The Morgan fingerprint density at radius 2 is 2.10 bits per heavy atom. The Hall–Kier alpha value is -1.69. The Morgan fingerprint density at radius 1 is 1.35 bits per heavy atom. The summed E-state index contributed by atoms with van der Waals surface area (Å²) in [6.45, 7) is 3.76. The average Bonchev–Trinajstić information content (AvgIpc) is 3.10. The summed E-state index contributed by atoms with van der Waals surface area (Å²) in [7, 11) is 0. The van der Waals surface area contributed by atoms with Gasteiger partial charge in [0.2, 0.25) is 5.89 Å². The van der Waals surface area contributed by atoms with Crippen LogP contribution in [0.5, 0.6) is 0 Å². The third-order valence-electron chi connectivity index (χ3n) is 3.73. The van der Waals surface area contributed by atoms with Crippen molar-refractivity contribution in [3.63, 3.8) is 0 Å². The molecule has 0 bridgehead atoms. The van der Waals surface area contributed by atoms with Gasteiger partial charge in [0.05, 0.1) is 4.88 Å². The van der Waals surface area contributed by atoms with Gasteiger partial charge in [-0.2, -0.15) is 4.98 Å². The quantitative estimate of drug-likeness (QED) is 0.944. The zero-order valence-electron chi connectivity index (χ0n) is 11.6. The molecule has 1 saturated carbocycles. The number of carbonyl (C=O) groups is 1. The fraction of sp³-hybridized carbons (Fsp3) is 0.500. The Labute approximate surface area is 121 Å². The van der Waals surface area contributed by atoms with E-state index in [4.69, 9.17) is 4.52 Å². The maximum atomic E-state index is 12.4. The minimum absolute atomic E-state index is 0.0487. The van der Waals surface area contributed by atoms with E-state index in [2.05, 4.69) is 15.5 Å². The van der Waals surface area contributed by atoms with Crippen molar-refractivity contribution in [3.8, 4) is 0 Å². The van der Waals surface area contributed by atoms with E-state index in [-0.39, 0.29) is 5.91 Å². The molecule has 1 N–H and O–H groups in total. The van der Waals surface area contributed by atoms with Crippen molar-refractivity contribution in [1.29, 1.82) is 0 Å². The fourth-order valence-electron chi connectivity index (χ4n) is 2.71. The van der Waals surface area contributed by atoms with Gasteiger partial charge in [-0.25, -0.2) is 0 Å². The second kappa shape index (κ2) is 5.01. The summed E-state index contributed by atoms with van der Waals surface area (Å²) in [5.74, 6) is 1.09. The van der Waals surface area contributed by atoms with Gasteiger partial charge in [0.25, 0.3) is 5.91 Å². The highest BCUT2D eigenvalue weighted by Gasteiger charge is 2.41. The van der Waals surface area contributed by atoms with Crippen molar-refractivity contribution in [3.05, 3.63) is 33.6 Å². The van der Waals surface area contributed by atoms with Crippen molar-refractivity contribution >= 4 is 17.2 Å². The molecule has 0 spiro atoms. The summed E-state index contributed by atoms with van der Waals surface area (Å²) in [6, 6.07) is 3.82. The molecule has 0 unspecified atom stereocenters. The lowest BCUT2D eigenvalue weighted by Gasteiger charge is -2.26. The first-order valence-corrected chi connectivity index (χ1v) is 7.60. The van der Waals surface area contributed by atoms with Crippen molar-refractivity contribution < 1.29 is 9.32 Å². The monoisotopic (exact) mass is 291 g/mol. The van der Waals surface area contributed by atoms with Crippen molar-refractivity contribution in [1.82, 2.24) is 15.5 Å². The molecule has 1 aliphatic rings. The number of hydrogen-bond donors (Lipinski definition) is 1. The second-order valence-electron chi connectivity index (χ2n) is 5.29. The maximum Gasteiger partial charge on any atom is 0.262 e. The second-order valence-corrected chi connectivity index (χ2v) is 6.58. The third kappa shape index (κ3) is 2.35. The predicted octanol–water partition coefficient (Wildman–Crippen LogP) is 2.95. The van der Waals surface area contributed by atoms with Gasteiger partial charge < -0.3 is 9.84 Å². The number of rotatable bonds is 3. The lowest BCUT2D eigenvalue weighted by atomic mass is 9.96. The molecule has 1 amide bonds. The van der Waals surface area contributed by atoms with E-state index in [9.17, 15) is 4.79 Å². The number of carbonyl (C=O) groups excluding carboxylic acids is 1. The third-order valence-corrected chi connectivity index (χ3v) is 4.73. The molecule has 3 rings (SSSR count). The van der Waals surface area contributed by atoms with E-state index in [0.29, 0.717) is 11.7 Å². The zero-order chi connectivity index (χ0) is 14.2. The molecule has 1 fully saturated rings. The molecule has 2 heterocycles. The highest BCUT2D eigenvalue weighted by Crippen LogP contribution is 2.37. The standard InChI is InChI=1S/C14H17N3O2S/c1-9-5-6-11(20-9)12(18)16-14(7-3-4-8-14)13-15-10(2)19-17-13/h5-6H,3-4,7-8H2,1-2H3,(H,16,18). The van der Waals surface area contributed by atoms with Crippen molar-refractivity contribution in [2.75, 3.05) is 0 Å². The molecule has 20 heavy (non-hydrogen) atoms. The number of amides is 1. The number of nitrogens with zero attached hydrogens (tertiary/aromatic N) is 2. The molecule has 106 valence electrons. The Bertz CT molecular complexity index is 626. The average molecular weight is 291 g/mol. The molecular formula is C14H17N3O2S. The molecule has 0 aromatic carbocycles. The van der Waals surface area contributed by atoms with Crippen LogP contribution in [0.2, 0.25) is 0 Å². The molecule has 0 radical (unpaired) electrons. The molecule has 0 aliphatic heterocycles. The van der Waals surface area contributed by atoms with Gasteiger partial charge in [-0.15, -0.1) is 11.3 Å². The van der Waals surface area contributed by atoms with Gasteiger partial charge in [0.1, 0.15) is 5.54 Å². The summed E-state index contributed by atoms with van der Waals surface area (Å²) in [6.07, 6.45) is 3.86. The first-order chi connectivity index (χ1) is 9.59. The van der Waals surface area contributed by atoms with Crippen molar-refractivity contribution in [2.24, 2.45) is 0 Å². The maximum absolute atomic E-state index is 12.4. The largest absolute Gasteiger partial charge is 0.340 e. The van der Waals surface area contributed by atoms with Crippen LogP contribution in [-0.4, -0.2) is 16.0 Å². The van der Waals surface area contributed by atoms with Crippen LogP contribution in [0.15, 0.2) is 16.7 Å². The smallest absolute Gasteiger partial charge is 0.262 e. The summed E-state index contributed by atoms with van der Waals surface area (Å²) in [4.78, 5) is 18.6. The highest BCUT2D eigenvalue weighted by atomic mass is 32.1. The molecular weight excluding hydrogens is 274 g/mol. The Kier molecular flexibility index (Phi) is 3.33. The van der Waals surface area contributed by atoms with Gasteiger partial charge in [-0.3, -0.25) is 4.79 Å². The lowest BCUT2D eigenvalue weighted by molar-refractivity contribution is 0.0896. The number of aryl methyl sites for hydroxylation is 2. The number of aromatic nitrogens is 2. The lowest BCUT2D eigenvalue weighted by Crippen LogP contribution is -2.44. The summed E-state index contributed by atoms with van der Waals surface area (Å²) < 4.78 is 5.08. The predicted molar refractivity (Wildman–Crippen MR) is 75.7 cm³/mol. The topological polar surface area (TPSA) is 68.0 Å². The summed E-state index contributed by atoms with van der Waals surface area (Å²) >= 11 is 1.50. The first kappa shape index (κ1) is 13.3. The first-order valence-electron chi connectivity index (χ1n) is 6.79.